The summed E-state index contributed by atoms with van der Waals surface area (Å²) < 4.78 is 2.36. The molecule has 4 aromatic rings. The number of aryl methyl sites for hydroxylation is 1. The fourth-order valence-corrected chi connectivity index (χ4v) is 3.87. The van der Waals surface area contributed by atoms with Gasteiger partial charge in [-0.2, -0.15) is 0 Å². The summed E-state index contributed by atoms with van der Waals surface area (Å²) >= 11 is 6.15. The molecule has 0 radical (unpaired) electrons. The van der Waals surface area contributed by atoms with Crippen molar-refractivity contribution in [2.45, 2.75) is 20.0 Å². The number of fused-ring (bicyclic) bond motifs is 1. The molecule has 34 heavy (non-hydrogen) atoms. The van der Waals surface area contributed by atoms with Gasteiger partial charge in [0.25, 0.3) is 5.69 Å². The Morgan fingerprint density at radius 1 is 0.971 bits per heavy atom. The second-order valence-corrected chi connectivity index (χ2v) is 8.16. The first kappa shape index (κ1) is 22.9. The van der Waals surface area contributed by atoms with Crippen LogP contribution in [0.25, 0.3) is 11.0 Å². The number of carbonyl (C=O) groups is 1. The summed E-state index contributed by atoms with van der Waals surface area (Å²) in [6.07, 6.45) is 0. The van der Waals surface area contributed by atoms with E-state index in [0.29, 0.717) is 21.6 Å². The Morgan fingerprint density at radius 2 is 1.68 bits per heavy atom. The predicted octanol–water partition coefficient (Wildman–Crippen LogP) is 3.72. The van der Waals surface area contributed by atoms with Crippen LogP contribution in [0, 0.1) is 17.0 Å². The van der Waals surface area contributed by atoms with Gasteiger partial charge in [0, 0.05) is 11.1 Å². The molecule has 10 heteroatoms. The molecule has 0 atom stereocenters. The van der Waals surface area contributed by atoms with Crippen LogP contribution in [0.3, 0.4) is 0 Å². The van der Waals surface area contributed by atoms with Crippen molar-refractivity contribution in [3.8, 4) is 0 Å². The minimum absolute atomic E-state index is 0.00610. The highest BCUT2D eigenvalue weighted by atomic mass is 35.5. The molecule has 0 spiro atoms. The highest BCUT2D eigenvalue weighted by Crippen LogP contribution is 2.25. The van der Waals surface area contributed by atoms with E-state index >= 15 is 0 Å². The Kier molecular flexibility index (Phi) is 6.29. The lowest BCUT2D eigenvalue weighted by Gasteiger charge is -2.15. The minimum atomic E-state index is -0.903. The van der Waals surface area contributed by atoms with E-state index in [-0.39, 0.29) is 17.9 Å². The van der Waals surface area contributed by atoms with Crippen LogP contribution in [0.4, 0.5) is 11.4 Å². The normalized spacial score (nSPS) is 10.9. The first-order valence-corrected chi connectivity index (χ1v) is 10.6. The average molecular weight is 479 g/mol. The van der Waals surface area contributed by atoms with E-state index in [1.54, 1.807) is 25.1 Å². The second-order valence-electron chi connectivity index (χ2n) is 7.73. The third kappa shape index (κ3) is 4.60. The largest absolute Gasteiger partial charge is 0.319 e. The number of aromatic nitrogens is 2. The van der Waals surface area contributed by atoms with Crippen LogP contribution in [-0.4, -0.2) is 20.0 Å². The first-order valence-electron chi connectivity index (χ1n) is 10.3. The molecule has 0 aliphatic carbocycles. The monoisotopic (exact) mass is 478 g/mol. The van der Waals surface area contributed by atoms with Crippen molar-refractivity contribution in [3.05, 3.63) is 114 Å². The number of nitro benzene ring substituents is 1. The molecule has 1 N–H and O–H groups in total. The van der Waals surface area contributed by atoms with E-state index in [0.717, 1.165) is 10.1 Å². The molecular weight excluding hydrogens is 460 g/mol. The summed E-state index contributed by atoms with van der Waals surface area (Å²) in [4.78, 5) is 49.5. The van der Waals surface area contributed by atoms with E-state index in [1.165, 1.54) is 22.8 Å². The lowest BCUT2D eigenvalue weighted by Crippen LogP contribution is -2.43. The van der Waals surface area contributed by atoms with Gasteiger partial charge in [-0.25, -0.2) is 0 Å². The number of benzene rings is 3. The van der Waals surface area contributed by atoms with Gasteiger partial charge in [0.2, 0.25) is 5.91 Å². The lowest BCUT2D eigenvalue weighted by molar-refractivity contribution is -0.384. The average Bonchev–Trinajstić information content (AvgIpc) is 2.81. The number of anilines is 1. The van der Waals surface area contributed by atoms with Crippen LogP contribution >= 0.6 is 11.6 Å². The van der Waals surface area contributed by atoms with E-state index in [1.807, 2.05) is 30.3 Å². The van der Waals surface area contributed by atoms with Crippen LogP contribution in [-0.2, 0) is 17.9 Å². The predicted molar refractivity (Wildman–Crippen MR) is 129 cm³/mol. The second kappa shape index (κ2) is 9.32. The molecule has 3 aromatic carbocycles. The SMILES string of the molecule is Cc1ccc(NC(=O)Cn2c(=O)c(=O)n(Cc3ccccc3)c3ccc(Cl)cc32)c([N+](=O)[O-])c1. The van der Waals surface area contributed by atoms with Crippen molar-refractivity contribution in [2.24, 2.45) is 0 Å². The number of carbonyl (C=O) groups excluding carboxylic acids is 1. The quantitative estimate of drug-likeness (QED) is 0.257. The van der Waals surface area contributed by atoms with Gasteiger partial charge in [0.15, 0.2) is 0 Å². The summed E-state index contributed by atoms with van der Waals surface area (Å²) in [5.74, 6) is -0.699. The maximum atomic E-state index is 13.0. The van der Waals surface area contributed by atoms with E-state index < -0.39 is 28.5 Å². The van der Waals surface area contributed by atoms with Gasteiger partial charge in [0.1, 0.15) is 12.2 Å². The summed E-state index contributed by atoms with van der Waals surface area (Å²) in [5, 5.41) is 14.1. The van der Waals surface area contributed by atoms with Crippen LogP contribution in [0.2, 0.25) is 5.02 Å². The molecule has 1 heterocycles. The minimum Gasteiger partial charge on any atom is -0.319 e. The summed E-state index contributed by atoms with van der Waals surface area (Å²) in [5.41, 5.74) is 0.215. The van der Waals surface area contributed by atoms with Crippen molar-refractivity contribution in [1.29, 1.82) is 0 Å². The number of nitro groups is 1. The molecule has 0 unspecified atom stereocenters. The highest BCUT2D eigenvalue weighted by molar-refractivity contribution is 6.31. The molecule has 4 rings (SSSR count). The molecule has 0 aliphatic heterocycles. The van der Waals surface area contributed by atoms with Gasteiger partial charge in [-0.3, -0.25) is 33.6 Å². The fraction of sp³-hybridized carbons (Fsp3) is 0.125. The molecule has 0 saturated carbocycles. The molecule has 172 valence electrons. The van der Waals surface area contributed by atoms with Crippen LogP contribution in [0.15, 0.2) is 76.3 Å². The molecule has 0 aliphatic rings. The van der Waals surface area contributed by atoms with Gasteiger partial charge in [0.05, 0.1) is 22.5 Å². The summed E-state index contributed by atoms with van der Waals surface area (Å²) in [6, 6.07) is 18.3. The number of halogens is 1. The van der Waals surface area contributed by atoms with E-state index in [4.69, 9.17) is 11.6 Å². The highest BCUT2D eigenvalue weighted by Gasteiger charge is 2.19. The first-order chi connectivity index (χ1) is 16.2. The lowest BCUT2D eigenvalue weighted by atomic mass is 10.2. The zero-order valence-electron chi connectivity index (χ0n) is 18.0. The molecule has 9 nitrogen and oxygen atoms in total. The summed E-state index contributed by atoms with van der Waals surface area (Å²) in [6.45, 7) is 1.33. The Labute approximate surface area is 198 Å². The van der Waals surface area contributed by atoms with Gasteiger partial charge in [-0.1, -0.05) is 48.0 Å². The van der Waals surface area contributed by atoms with E-state index in [2.05, 4.69) is 5.32 Å². The van der Waals surface area contributed by atoms with Crippen molar-refractivity contribution in [2.75, 3.05) is 5.32 Å². The Hall–Kier alpha value is -4.24. The van der Waals surface area contributed by atoms with Crippen molar-refractivity contribution >= 4 is 39.9 Å². The molecule has 1 aromatic heterocycles. The Balaban J connectivity index is 1.76. The number of nitrogens with one attached hydrogen (secondary N) is 1. The third-order valence-electron chi connectivity index (χ3n) is 5.30. The zero-order chi connectivity index (χ0) is 24.4. The Bertz CT molecular complexity index is 1540. The number of hydrogen-bond acceptors (Lipinski definition) is 5. The van der Waals surface area contributed by atoms with Crippen molar-refractivity contribution in [1.82, 2.24) is 9.13 Å². The van der Waals surface area contributed by atoms with Crippen LogP contribution in [0.1, 0.15) is 11.1 Å². The number of hydrogen-bond donors (Lipinski definition) is 1. The summed E-state index contributed by atoms with van der Waals surface area (Å²) in [7, 11) is 0. The van der Waals surface area contributed by atoms with Gasteiger partial charge >= 0.3 is 11.1 Å². The maximum Gasteiger partial charge on any atom is 0.317 e. The van der Waals surface area contributed by atoms with E-state index in [9.17, 15) is 24.5 Å². The van der Waals surface area contributed by atoms with Crippen molar-refractivity contribution in [3.63, 3.8) is 0 Å². The number of amides is 1. The Morgan fingerprint density at radius 3 is 2.38 bits per heavy atom. The molecular formula is C24H19ClN4O5. The van der Waals surface area contributed by atoms with Crippen LogP contribution in [0.5, 0.6) is 0 Å². The van der Waals surface area contributed by atoms with Crippen molar-refractivity contribution < 1.29 is 9.72 Å². The topological polar surface area (TPSA) is 116 Å². The molecule has 0 fully saturated rings. The number of nitrogens with zero attached hydrogens (tertiary/aromatic N) is 3. The van der Waals surface area contributed by atoms with Gasteiger partial charge < -0.3 is 5.32 Å². The molecule has 1 amide bonds. The molecule has 0 bridgehead atoms. The van der Waals surface area contributed by atoms with Gasteiger partial charge in [-0.15, -0.1) is 0 Å². The fourth-order valence-electron chi connectivity index (χ4n) is 3.70. The van der Waals surface area contributed by atoms with Gasteiger partial charge in [-0.05, 0) is 42.3 Å². The number of rotatable bonds is 6. The molecule has 0 saturated heterocycles. The zero-order valence-corrected chi connectivity index (χ0v) is 18.8. The smallest absolute Gasteiger partial charge is 0.317 e. The van der Waals surface area contributed by atoms with Crippen LogP contribution < -0.4 is 16.4 Å². The maximum absolute atomic E-state index is 13.0. The third-order valence-corrected chi connectivity index (χ3v) is 5.54. The standard InChI is InChI=1S/C24H19ClN4O5/c1-15-7-9-18(20(11-15)29(33)34)26-22(30)14-28-21-12-17(25)8-10-19(21)27(23(31)24(28)32)13-16-5-3-2-4-6-16/h2-12H,13-14H2,1H3,(H,26,30).